The molecule has 0 aliphatic carbocycles. The van der Waals surface area contributed by atoms with E-state index in [1.54, 1.807) is 0 Å². The molecule has 1 aromatic rings. The highest BCUT2D eigenvalue weighted by Gasteiger charge is 2.33. The second-order valence-corrected chi connectivity index (χ2v) is 4.81. The third-order valence-electron chi connectivity index (χ3n) is 3.23. The zero-order chi connectivity index (χ0) is 12.6. The monoisotopic (exact) mass is 256 g/mol. The number of nitro groups is 1. The standard InChI is InChI=1S/C10H13ClN4O2/c1-6-3-14(4-7(6)2)10-8(15(16)17)9(11)12-5-13-10/h5-7H,3-4H2,1-2H3. The molecule has 2 rings (SSSR count). The molecule has 0 aromatic carbocycles. The summed E-state index contributed by atoms with van der Waals surface area (Å²) in [5.41, 5.74) is -0.199. The van der Waals surface area contributed by atoms with Crippen molar-refractivity contribution in [1.82, 2.24) is 9.97 Å². The maximum absolute atomic E-state index is 11.0. The van der Waals surface area contributed by atoms with E-state index in [4.69, 9.17) is 11.6 Å². The molecule has 1 aliphatic heterocycles. The van der Waals surface area contributed by atoms with Crippen molar-refractivity contribution < 1.29 is 4.92 Å². The molecule has 0 bridgehead atoms. The molecule has 0 amide bonds. The van der Waals surface area contributed by atoms with Crippen molar-refractivity contribution in [3.8, 4) is 0 Å². The molecule has 0 spiro atoms. The van der Waals surface area contributed by atoms with Crippen molar-refractivity contribution in [3.05, 3.63) is 21.6 Å². The zero-order valence-corrected chi connectivity index (χ0v) is 10.4. The molecule has 0 saturated carbocycles. The molecular formula is C10H13ClN4O2. The predicted octanol–water partition coefficient (Wildman–Crippen LogP) is 2.13. The fourth-order valence-electron chi connectivity index (χ4n) is 2.04. The van der Waals surface area contributed by atoms with Crippen molar-refractivity contribution in [1.29, 1.82) is 0 Å². The highest BCUT2D eigenvalue weighted by Crippen LogP contribution is 2.35. The van der Waals surface area contributed by atoms with Crippen molar-refractivity contribution in [3.63, 3.8) is 0 Å². The van der Waals surface area contributed by atoms with Gasteiger partial charge in [-0.25, -0.2) is 9.97 Å². The summed E-state index contributed by atoms with van der Waals surface area (Å²) in [5.74, 6) is 1.30. The third-order valence-corrected chi connectivity index (χ3v) is 3.51. The molecule has 6 nitrogen and oxygen atoms in total. The molecule has 7 heteroatoms. The van der Waals surface area contributed by atoms with Gasteiger partial charge < -0.3 is 4.90 Å². The lowest BCUT2D eigenvalue weighted by molar-refractivity contribution is -0.384. The van der Waals surface area contributed by atoms with E-state index in [9.17, 15) is 10.1 Å². The highest BCUT2D eigenvalue weighted by molar-refractivity contribution is 6.31. The lowest BCUT2D eigenvalue weighted by Gasteiger charge is -2.16. The number of aromatic nitrogens is 2. The molecule has 2 heterocycles. The molecule has 92 valence electrons. The summed E-state index contributed by atoms with van der Waals surface area (Å²) in [6, 6.07) is 0. The largest absolute Gasteiger partial charge is 0.350 e. The van der Waals surface area contributed by atoms with Crippen molar-refractivity contribution in [2.24, 2.45) is 11.8 Å². The fourth-order valence-corrected chi connectivity index (χ4v) is 2.24. The first-order valence-corrected chi connectivity index (χ1v) is 5.78. The molecule has 1 saturated heterocycles. The van der Waals surface area contributed by atoms with Gasteiger partial charge in [0.1, 0.15) is 6.33 Å². The third kappa shape index (κ3) is 2.17. The average molecular weight is 257 g/mol. The number of anilines is 1. The maximum Gasteiger partial charge on any atom is 0.348 e. The van der Waals surface area contributed by atoms with Crippen LogP contribution in [0.3, 0.4) is 0 Å². The van der Waals surface area contributed by atoms with Crippen LogP contribution in [-0.4, -0.2) is 28.0 Å². The summed E-state index contributed by atoms with van der Waals surface area (Å²) in [6.07, 6.45) is 1.26. The van der Waals surface area contributed by atoms with Gasteiger partial charge in [0.05, 0.1) is 4.92 Å². The molecule has 17 heavy (non-hydrogen) atoms. The van der Waals surface area contributed by atoms with Crippen LogP contribution in [-0.2, 0) is 0 Å². The van der Waals surface area contributed by atoms with Crippen LogP contribution in [0.2, 0.25) is 5.15 Å². The Morgan fingerprint density at radius 1 is 1.41 bits per heavy atom. The number of rotatable bonds is 2. The van der Waals surface area contributed by atoms with Gasteiger partial charge in [0.25, 0.3) is 0 Å². The smallest absolute Gasteiger partial charge is 0.348 e. The average Bonchev–Trinajstić information content (AvgIpc) is 2.58. The first-order valence-electron chi connectivity index (χ1n) is 5.40. The molecule has 1 fully saturated rings. The van der Waals surface area contributed by atoms with Crippen molar-refractivity contribution in [2.75, 3.05) is 18.0 Å². The molecule has 2 atom stereocenters. The van der Waals surface area contributed by atoms with E-state index in [1.165, 1.54) is 6.33 Å². The van der Waals surface area contributed by atoms with Gasteiger partial charge in [-0.05, 0) is 11.8 Å². The molecule has 0 N–H and O–H groups in total. The Kier molecular flexibility index (Phi) is 3.15. The minimum Gasteiger partial charge on any atom is -0.350 e. The Hall–Kier alpha value is -1.43. The van der Waals surface area contributed by atoms with Gasteiger partial charge in [-0.2, -0.15) is 0 Å². The fraction of sp³-hybridized carbons (Fsp3) is 0.600. The molecule has 1 aromatic heterocycles. The summed E-state index contributed by atoms with van der Waals surface area (Å²) >= 11 is 5.76. The second-order valence-electron chi connectivity index (χ2n) is 4.45. The zero-order valence-electron chi connectivity index (χ0n) is 9.63. The van der Waals surface area contributed by atoms with Crippen LogP contribution in [0.1, 0.15) is 13.8 Å². The summed E-state index contributed by atoms with van der Waals surface area (Å²) in [5, 5.41) is 10.9. The SMILES string of the molecule is CC1CN(c2ncnc(Cl)c2[N+](=O)[O-])CC1C. The van der Waals surface area contributed by atoms with Gasteiger partial charge in [0.2, 0.25) is 11.0 Å². The second kappa shape index (κ2) is 4.44. The molecule has 2 unspecified atom stereocenters. The summed E-state index contributed by atoms with van der Waals surface area (Å²) in [7, 11) is 0. The van der Waals surface area contributed by atoms with Gasteiger partial charge in [0.15, 0.2) is 0 Å². The normalized spacial score (nSPS) is 24.1. The topological polar surface area (TPSA) is 72.2 Å². The number of hydrogen-bond acceptors (Lipinski definition) is 5. The van der Waals surface area contributed by atoms with E-state index < -0.39 is 4.92 Å². The van der Waals surface area contributed by atoms with Crippen LogP contribution < -0.4 is 4.90 Å². The van der Waals surface area contributed by atoms with Gasteiger partial charge >= 0.3 is 5.69 Å². The van der Waals surface area contributed by atoms with Crippen molar-refractivity contribution in [2.45, 2.75) is 13.8 Å². The summed E-state index contributed by atoms with van der Waals surface area (Å²) in [4.78, 5) is 20.0. The Morgan fingerprint density at radius 3 is 2.53 bits per heavy atom. The number of nitrogens with zero attached hydrogens (tertiary/aromatic N) is 4. The van der Waals surface area contributed by atoms with E-state index in [0.717, 1.165) is 13.1 Å². The predicted molar refractivity (Wildman–Crippen MR) is 64.2 cm³/mol. The van der Waals surface area contributed by atoms with Gasteiger partial charge in [0, 0.05) is 13.1 Å². The minimum atomic E-state index is -0.522. The van der Waals surface area contributed by atoms with Gasteiger partial charge in [-0.3, -0.25) is 10.1 Å². The Labute approximate surface area is 104 Å². The quantitative estimate of drug-likeness (QED) is 0.460. The number of hydrogen-bond donors (Lipinski definition) is 0. The Morgan fingerprint density at radius 2 is 2.00 bits per heavy atom. The van der Waals surface area contributed by atoms with E-state index >= 15 is 0 Å². The number of halogens is 1. The van der Waals surface area contributed by atoms with Crippen LogP contribution in [0.15, 0.2) is 6.33 Å². The maximum atomic E-state index is 11.0. The lowest BCUT2D eigenvalue weighted by atomic mass is 10.0. The summed E-state index contributed by atoms with van der Waals surface area (Å²) in [6.45, 7) is 5.77. The van der Waals surface area contributed by atoms with E-state index in [0.29, 0.717) is 17.7 Å². The lowest BCUT2D eigenvalue weighted by Crippen LogP contribution is -2.22. The van der Waals surface area contributed by atoms with Gasteiger partial charge in [-0.15, -0.1) is 0 Å². The van der Waals surface area contributed by atoms with E-state index in [2.05, 4.69) is 23.8 Å². The molecular weight excluding hydrogens is 244 g/mol. The Bertz CT molecular complexity index is 444. The van der Waals surface area contributed by atoms with Crippen LogP contribution in [0.4, 0.5) is 11.5 Å². The van der Waals surface area contributed by atoms with Crippen molar-refractivity contribution >= 4 is 23.1 Å². The molecule has 1 aliphatic rings. The van der Waals surface area contributed by atoms with E-state index in [1.807, 2.05) is 4.90 Å². The van der Waals surface area contributed by atoms with Crippen LogP contribution in [0.5, 0.6) is 0 Å². The van der Waals surface area contributed by atoms with Crippen LogP contribution >= 0.6 is 11.6 Å². The summed E-state index contributed by atoms with van der Waals surface area (Å²) < 4.78 is 0. The minimum absolute atomic E-state index is 0.104. The van der Waals surface area contributed by atoms with Crippen LogP contribution in [0.25, 0.3) is 0 Å². The Balaban J connectivity index is 2.39. The van der Waals surface area contributed by atoms with Crippen LogP contribution in [0, 0.1) is 22.0 Å². The van der Waals surface area contributed by atoms with E-state index in [-0.39, 0.29) is 10.8 Å². The molecule has 0 radical (unpaired) electrons. The van der Waals surface area contributed by atoms with Gasteiger partial charge in [-0.1, -0.05) is 25.4 Å². The highest BCUT2D eigenvalue weighted by atomic mass is 35.5. The first kappa shape index (κ1) is 12.0. The first-order chi connectivity index (χ1) is 8.00.